The van der Waals surface area contributed by atoms with Crippen LogP contribution in [0.15, 0.2) is 18.2 Å². The fraction of sp³-hybridized carbons (Fsp3) is 0.100. The number of hydrazine groups is 1. The number of amides is 1. The van der Waals surface area contributed by atoms with Crippen molar-refractivity contribution in [3.05, 3.63) is 23.8 Å². The van der Waals surface area contributed by atoms with Crippen LogP contribution in [0, 0.1) is 0 Å². The summed E-state index contributed by atoms with van der Waals surface area (Å²) in [6.07, 6.45) is 0. The average molecular weight is 266 g/mol. The molecule has 0 atom stereocenters. The van der Waals surface area contributed by atoms with E-state index in [0.717, 1.165) is 0 Å². The third-order valence-electron chi connectivity index (χ3n) is 2.14. The monoisotopic (exact) mass is 266 g/mol. The highest BCUT2D eigenvalue weighted by molar-refractivity contribution is 7.22. The van der Waals surface area contributed by atoms with E-state index in [2.05, 4.69) is 15.7 Å². The average Bonchev–Trinajstić information content (AvgIpc) is 2.69. The second kappa shape index (κ2) is 5.08. The van der Waals surface area contributed by atoms with E-state index >= 15 is 0 Å². The minimum atomic E-state index is -0.997. The molecule has 0 bridgehead atoms. The number of hydrogen-bond donors (Lipinski definition) is 4. The van der Waals surface area contributed by atoms with E-state index in [9.17, 15) is 9.59 Å². The first-order valence-corrected chi connectivity index (χ1v) is 5.79. The molecule has 1 aromatic carbocycles. The number of thiazole rings is 1. The highest BCUT2D eigenvalue weighted by Gasteiger charge is 2.09. The number of nitrogens with zero attached hydrogens (tertiary/aromatic N) is 1. The number of nitrogens with two attached hydrogens (primary N) is 1. The van der Waals surface area contributed by atoms with Crippen LogP contribution in [0.4, 0.5) is 5.13 Å². The third-order valence-corrected chi connectivity index (χ3v) is 3.08. The zero-order chi connectivity index (χ0) is 13.1. The fourth-order valence-electron chi connectivity index (χ4n) is 1.37. The number of anilines is 1. The normalized spacial score (nSPS) is 10.5. The Morgan fingerprint density at radius 2 is 2.22 bits per heavy atom. The summed E-state index contributed by atoms with van der Waals surface area (Å²) in [4.78, 5) is 26.3. The number of carbonyl (C=O) groups excluding carboxylic acids is 1. The topological polar surface area (TPSA) is 117 Å². The van der Waals surface area contributed by atoms with Crippen molar-refractivity contribution in [2.75, 3.05) is 11.9 Å². The molecule has 0 aliphatic rings. The van der Waals surface area contributed by atoms with Gasteiger partial charge in [-0.3, -0.25) is 16.1 Å². The van der Waals surface area contributed by atoms with Gasteiger partial charge in [-0.25, -0.2) is 9.78 Å². The first kappa shape index (κ1) is 12.4. The Kier molecular flexibility index (Phi) is 3.51. The van der Waals surface area contributed by atoms with Crippen molar-refractivity contribution >= 4 is 38.6 Å². The standard InChI is InChI=1S/C10H10N4O3S/c11-12-4-8(15)14-10-13-6-2-1-5(9(16)17)3-7(6)18-10/h1-3,12H,4,11H2,(H,16,17)(H,13,14,15). The maximum absolute atomic E-state index is 11.3. The van der Waals surface area contributed by atoms with Gasteiger partial charge in [-0.05, 0) is 18.2 Å². The van der Waals surface area contributed by atoms with Gasteiger partial charge < -0.3 is 10.4 Å². The van der Waals surface area contributed by atoms with Crippen molar-refractivity contribution in [2.24, 2.45) is 5.84 Å². The highest BCUT2D eigenvalue weighted by Crippen LogP contribution is 2.26. The van der Waals surface area contributed by atoms with Crippen molar-refractivity contribution in [2.45, 2.75) is 0 Å². The number of fused-ring (bicyclic) bond motifs is 1. The molecule has 0 saturated heterocycles. The number of carboxylic acid groups (broad SMARTS) is 1. The highest BCUT2D eigenvalue weighted by atomic mass is 32.1. The smallest absolute Gasteiger partial charge is 0.335 e. The molecule has 2 rings (SSSR count). The molecule has 1 aromatic heterocycles. The summed E-state index contributed by atoms with van der Waals surface area (Å²) in [7, 11) is 0. The zero-order valence-electron chi connectivity index (χ0n) is 9.14. The van der Waals surface area contributed by atoms with Gasteiger partial charge in [0, 0.05) is 0 Å². The van der Waals surface area contributed by atoms with Crippen LogP contribution in [0.2, 0.25) is 0 Å². The second-order valence-corrected chi connectivity index (χ2v) is 4.47. The van der Waals surface area contributed by atoms with Gasteiger partial charge in [-0.1, -0.05) is 11.3 Å². The van der Waals surface area contributed by atoms with Crippen LogP contribution >= 0.6 is 11.3 Å². The summed E-state index contributed by atoms with van der Waals surface area (Å²) in [5.41, 5.74) is 3.06. The van der Waals surface area contributed by atoms with Gasteiger partial charge in [0.1, 0.15) is 0 Å². The van der Waals surface area contributed by atoms with Crippen molar-refractivity contribution in [3.8, 4) is 0 Å². The molecule has 1 amide bonds. The molecule has 0 radical (unpaired) electrons. The minimum absolute atomic E-state index is 0.0176. The van der Waals surface area contributed by atoms with E-state index < -0.39 is 5.97 Å². The fourth-order valence-corrected chi connectivity index (χ4v) is 2.29. The SMILES string of the molecule is NNCC(=O)Nc1nc2ccc(C(=O)O)cc2s1. The maximum atomic E-state index is 11.3. The largest absolute Gasteiger partial charge is 0.478 e. The lowest BCUT2D eigenvalue weighted by Crippen LogP contribution is -2.32. The molecule has 8 heteroatoms. The van der Waals surface area contributed by atoms with Gasteiger partial charge in [0.2, 0.25) is 5.91 Å². The zero-order valence-corrected chi connectivity index (χ0v) is 9.95. The summed E-state index contributed by atoms with van der Waals surface area (Å²) in [5.74, 6) is 3.71. The lowest BCUT2D eigenvalue weighted by Gasteiger charge is -1.98. The lowest BCUT2D eigenvalue weighted by atomic mass is 10.2. The Morgan fingerprint density at radius 3 is 2.89 bits per heavy atom. The predicted molar refractivity (Wildman–Crippen MR) is 67.4 cm³/mol. The summed E-state index contributed by atoms with van der Waals surface area (Å²) in [5, 5.41) is 11.8. The quantitative estimate of drug-likeness (QED) is 0.470. The van der Waals surface area contributed by atoms with Gasteiger partial charge in [-0.2, -0.15) is 0 Å². The molecule has 18 heavy (non-hydrogen) atoms. The molecular weight excluding hydrogens is 256 g/mol. The first-order chi connectivity index (χ1) is 8.60. The number of hydrogen-bond acceptors (Lipinski definition) is 6. The van der Waals surface area contributed by atoms with Gasteiger partial charge in [0.25, 0.3) is 0 Å². The van der Waals surface area contributed by atoms with E-state index in [4.69, 9.17) is 10.9 Å². The summed E-state index contributed by atoms with van der Waals surface area (Å²) >= 11 is 1.21. The van der Waals surface area contributed by atoms with Crippen LogP contribution in [0.3, 0.4) is 0 Å². The number of carboxylic acids is 1. The van der Waals surface area contributed by atoms with Crippen LogP contribution in [0.25, 0.3) is 10.2 Å². The molecule has 7 nitrogen and oxygen atoms in total. The summed E-state index contributed by atoms with van der Waals surface area (Å²) in [6, 6.07) is 4.59. The van der Waals surface area contributed by atoms with Crippen LogP contribution in [-0.4, -0.2) is 28.5 Å². The Hall–Kier alpha value is -2.03. The van der Waals surface area contributed by atoms with Crippen LogP contribution in [0.5, 0.6) is 0 Å². The summed E-state index contributed by atoms with van der Waals surface area (Å²) in [6.45, 7) is -0.0176. The van der Waals surface area contributed by atoms with Crippen LogP contribution < -0.4 is 16.6 Å². The Balaban J connectivity index is 2.27. The number of aromatic nitrogens is 1. The number of aromatic carboxylic acids is 1. The second-order valence-electron chi connectivity index (χ2n) is 3.44. The van der Waals surface area contributed by atoms with E-state index in [1.807, 2.05) is 0 Å². The van der Waals surface area contributed by atoms with Gasteiger partial charge in [0.05, 0.1) is 22.3 Å². The van der Waals surface area contributed by atoms with Crippen molar-refractivity contribution in [1.82, 2.24) is 10.4 Å². The predicted octanol–water partition coefficient (Wildman–Crippen LogP) is 0.396. The lowest BCUT2D eigenvalue weighted by molar-refractivity contribution is -0.115. The molecule has 5 N–H and O–H groups in total. The van der Waals surface area contributed by atoms with Crippen LogP contribution in [0.1, 0.15) is 10.4 Å². The Labute approximate surface area is 106 Å². The van der Waals surface area contributed by atoms with Crippen molar-refractivity contribution < 1.29 is 14.7 Å². The van der Waals surface area contributed by atoms with E-state index in [0.29, 0.717) is 15.3 Å². The van der Waals surface area contributed by atoms with Gasteiger partial charge >= 0.3 is 5.97 Å². The number of nitrogens with one attached hydrogen (secondary N) is 2. The molecule has 0 aliphatic heterocycles. The van der Waals surface area contributed by atoms with Gasteiger partial charge in [0.15, 0.2) is 5.13 Å². The minimum Gasteiger partial charge on any atom is -0.478 e. The molecule has 94 valence electrons. The molecule has 0 unspecified atom stereocenters. The van der Waals surface area contributed by atoms with E-state index in [1.54, 1.807) is 6.07 Å². The number of rotatable bonds is 4. The van der Waals surface area contributed by atoms with Crippen molar-refractivity contribution in [3.63, 3.8) is 0 Å². The maximum Gasteiger partial charge on any atom is 0.335 e. The molecule has 0 aliphatic carbocycles. The first-order valence-electron chi connectivity index (χ1n) is 4.97. The molecular formula is C10H10N4O3S. The summed E-state index contributed by atoms with van der Waals surface area (Å²) < 4.78 is 0.700. The van der Waals surface area contributed by atoms with Crippen LogP contribution in [-0.2, 0) is 4.79 Å². The van der Waals surface area contributed by atoms with Gasteiger partial charge in [-0.15, -0.1) is 0 Å². The van der Waals surface area contributed by atoms with Crippen molar-refractivity contribution in [1.29, 1.82) is 0 Å². The van der Waals surface area contributed by atoms with E-state index in [1.165, 1.54) is 23.5 Å². The number of benzene rings is 1. The molecule has 2 aromatic rings. The third kappa shape index (κ3) is 2.62. The molecule has 0 saturated carbocycles. The Bertz CT molecular complexity index is 610. The molecule has 0 fully saturated rings. The molecule has 0 spiro atoms. The molecule has 1 heterocycles. The Morgan fingerprint density at radius 1 is 1.44 bits per heavy atom. The number of carbonyl (C=O) groups is 2. The van der Waals surface area contributed by atoms with E-state index in [-0.39, 0.29) is 18.0 Å².